The number of halogens is 1. The Balaban J connectivity index is 3.26. The number of nitrogens with zero attached hydrogens (tertiary/aromatic N) is 2. The first-order valence-corrected chi connectivity index (χ1v) is 3.47. The van der Waals surface area contributed by atoms with Gasteiger partial charge in [-0.15, -0.1) is 0 Å². The molecule has 0 saturated heterocycles. The van der Waals surface area contributed by atoms with Crippen LogP contribution in [0.1, 0.15) is 11.1 Å². The molecule has 0 aliphatic carbocycles. The third-order valence-electron chi connectivity index (χ3n) is 1.53. The number of phenols is 1. The maximum Gasteiger partial charge on any atom is 0.169 e. The summed E-state index contributed by atoms with van der Waals surface area (Å²) in [5, 5.41) is 25.8. The molecule has 13 heavy (non-hydrogen) atoms. The second kappa shape index (κ2) is 3.55. The molecule has 0 amide bonds. The third-order valence-corrected chi connectivity index (χ3v) is 1.53. The Bertz CT molecular complexity index is 415. The highest BCUT2D eigenvalue weighted by Crippen LogP contribution is 2.22. The van der Waals surface area contributed by atoms with Gasteiger partial charge >= 0.3 is 0 Å². The Labute approximate surface area is 74.3 Å². The molecule has 0 fully saturated rings. The monoisotopic (exact) mass is 176 g/mol. The molecule has 0 aromatic heterocycles. The molecule has 0 atom stereocenters. The van der Waals surface area contributed by atoms with Crippen LogP contribution in [-0.2, 0) is 6.42 Å². The summed E-state index contributed by atoms with van der Waals surface area (Å²) in [6, 6.07) is 5.79. The molecule has 1 aromatic carbocycles. The van der Waals surface area contributed by atoms with Crippen LogP contribution in [-0.4, -0.2) is 5.11 Å². The van der Waals surface area contributed by atoms with Crippen molar-refractivity contribution in [2.45, 2.75) is 6.42 Å². The van der Waals surface area contributed by atoms with Crippen molar-refractivity contribution in [1.82, 2.24) is 0 Å². The maximum atomic E-state index is 12.8. The summed E-state index contributed by atoms with van der Waals surface area (Å²) in [6.07, 6.45) is 0.0197. The minimum absolute atomic E-state index is 0.0197. The van der Waals surface area contributed by atoms with Gasteiger partial charge in [-0.25, -0.2) is 4.39 Å². The summed E-state index contributed by atoms with van der Waals surface area (Å²) in [7, 11) is 0. The van der Waals surface area contributed by atoms with Gasteiger partial charge < -0.3 is 5.11 Å². The minimum atomic E-state index is -0.871. The topological polar surface area (TPSA) is 67.8 Å². The number of hydrogen-bond acceptors (Lipinski definition) is 3. The Kier molecular flexibility index (Phi) is 2.47. The van der Waals surface area contributed by atoms with Crippen LogP contribution in [0.4, 0.5) is 4.39 Å². The lowest BCUT2D eigenvalue weighted by Crippen LogP contribution is -1.88. The van der Waals surface area contributed by atoms with Gasteiger partial charge in [-0.1, -0.05) is 0 Å². The Morgan fingerprint density at radius 1 is 1.38 bits per heavy atom. The summed E-state index contributed by atoms with van der Waals surface area (Å²) in [4.78, 5) is 0. The molecule has 0 heterocycles. The zero-order valence-corrected chi connectivity index (χ0v) is 6.58. The molecular formula is C9H5FN2O. The van der Waals surface area contributed by atoms with E-state index < -0.39 is 11.6 Å². The minimum Gasteiger partial charge on any atom is -0.504 e. The molecule has 0 bridgehead atoms. The predicted molar refractivity (Wildman–Crippen MR) is 42.1 cm³/mol. The van der Waals surface area contributed by atoms with Crippen LogP contribution in [0.15, 0.2) is 12.1 Å². The van der Waals surface area contributed by atoms with E-state index in [1.54, 1.807) is 6.07 Å². The van der Waals surface area contributed by atoms with Gasteiger partial charge in [0.15, 0.2) is 11.6 Å². The molecule has 4 heteroatoms. The molecular weight excluding hydrogens is 171 g/mol. The van der Waals surface area contributed by atoms with Gasteiger partial charge in [-0.3, -0.25) is 0 Å². The van der Waals surface area contributed by atoms with E-state index in [2.05, 4.69) is 0 Å². The van der Waals surface area contributed by atoms with E-state index >= 15 is 0 Å². The van der Waals surface area contributed by atoms with Crippen molar-refractivity contribution in [3.05, 3.63) is 29.1 Å². The first-order valence-electron chi connectivity index (χ1n) is 3.47. The van der Waals surface area contributed by atoms with Crippen LogP contribution < -0.4 is 0 Å². The molecule has 0 saturated carbocycles. The van der Waals surface area contributed by atoms with Crippen LogP contribution in [0.25, 0.3) is 0 Å². The zero-order valence-electron chi connectivity index (χ0n) is 6.58. The standard InChI is InChI=1S/C9H5FN2O/c10-8-4-6(1-2-11)3-7(5-12)9(8)13/h3-4,13H,1H2. The normalized spacial score (nSPS) is 8.85. The molecule has 1 N–H and O–H groups in total. The molecule has 0 aliphatic heterocycles. The van der Waals surface area contributed by atoms with Gasteiger partial charge in [-0.05, 0) is 17.7 Å². The van der Waals surface area contributed by atoms with E-state index in [1.165, 1.54) is 6.07 Å². The lowest BCUT2D eigenvalue weighted by atomic mass is 10.1. The second-order valence-corrected chi connectivity index (χ2v) is 2.42. The summed E-state index contributed by atoms with van der Waals surface area (Å²) < 4.78 is 12.8. The molecule has 0 radical (unpaired) electrons. The molecule has 0 spiro atoms. The van der Waals surface area contributed by atoms with Gasteiger partial charge in [0.05, 0.1) is 18.1 Å². The number of hydrogen-bond donors (Lipinski definition) is 1. The van der Waals surface area contributed by atoms with Crippen LogP contribution >= 0.6 is 0 Å². The summed E-state index contributed by atoms with van der Waals surface area (Å²) in [5.41, 5.74) is 0.236. The van der Waals surface area contributed by atoms with Gasteiger partial charge in [-0.2, -0.15) is 10.5 Å². The largest absolute Gasteiger partial charge is 0.504 e. The van der Waals surface area contributed by atoms with Crippen molar-refractivity contribution in [2.75, 3.05) is 0 Å². The summed E-state index contributed by atoms with van der Waals surface area (Å²) in [6.45, 7) is 0. The van der Waals surface area contributed by atoms with Gasteiger partial charge in [0, 0.05) is 0 Å². The van der Waals surface area contributed by atoms with Crippen LogP contribution in [0, 0.1) is 28.5 Å². The molecule has 3 nitrogen and oxygen atoms in total. The van der Waals surface area contributed by atoms with Gasteiger partial charge in [0.2, 0.25) is 0 Å². The van der Waals surface area contributed by atoms with Crippen LogP contribution in [0.5, 0.6) is 5.75 Å². The Hall–Kier alpha value is -2.07. The van der Waals surface area contributed by atoms with Crippen molar-refractivity contribution in [1.29, 1.82) is 10.5 Å². The van der Waals surface area contributed by atoms with E-state index in [0.29, 0.717) is 5.56 Å². The van der Waals surface area contributed by atoms with E-state index in [0.717, 1.165) is 6.07 Å². The molecule has 0 unspecified atom stereocenters. The Morgan fingerprint density at radius 2 is 2.08 bits per heavy atom. The fourth-order valence-corrected chi connectivity index (χ4v) is 0.934. The third kappa shape index (κ3) is 1.74. The van der Waals surface area contributed by atoms with Crippen LogP contribution in [0.3, 0.4) is 0 Å². The lowest BCUT2D eigenvalue weighted by molar-refractivity contribution is 0.430. The van der Waals surface area contributed by atoms with E-state index in [-0.39, 0.29) is 12.0 Å². The van der Waals surface area contributed by atoms with E-state index in [9.17, 15) is 4.39 Å². The fourth-order valence-electron chi connectivity index (χ4n) is 0.934. The van der Waals surface area contributed by atoms with Crippen molar-refractivity contribution in [3.63, 3.8) is 0 Å². The van der Waals surface area contributed by atoms with Gasteiger partial charge in [0.1, 0.15) is 6.07 Å². The number of nitriles is 2. The smallest absolute Gasteiger partial charge is 0.169 e. The van der Waals surface area contributed by atoms with Crippen molar-refractivity contribution >= 4 is 0 Å². The van der Waals surface area contributed by atoms with Crippen molar-refractivity contribution in [3.8, 4) is 17.9 Å². The maximum absolute atomic E-state index is 12.8. The Morgan fingerprint density at radius 3 is 2.62 bits per heavy atom. The quantitative estimate of drug-likeness (QED) is 0.704. The van der Waals surface area contributed by atoms with Gasteiger partial charge in [0.25, 0.3) is 0 Å². The van der Waals surface area contributed by atoms with E-state index in [1.807, 2.05) is 6.07 Å². The van der Waals surface area contributed by atoms with Crippen LogP contribution in [0.2, 0.25) is 0 Å². The second-order valence-electron chi connectivity index (χ2n) is 2.42. The number of rotatable bonds is 1. The van der Waals surface area contributed by atoms with Crippen molar-refractivity contribution in [2.24, 2.45) is 0 Å². The molecule has 0 aliphatic rings. The first kappa shape index (κ1) is 9.02. The molecule has 64 valence electrons. The first-order chi connectivity index (χ1) is 6.19. The number of aromatic hydroxyl groups is 1. The zero-order chi connectivity index (χ0) is 9.84. The molecule has 1 rings (SSSR count). The molecule has 1 aromatic rings. The highest BCUT2D eigenvalue weighted by Gasteiger charge is 2.08. The summed E-state index contributed by atoms with van der Waals surface area (Å²) >= 11 is 0. The fraction of sp³-hybridized carbons (Fsp3) is 0.111. The predicted octanol–water partition coefficient (Wildman–Crippen LogP) is 1.47. The SMILES string of the molecule is N#CCc1cc(F)c(O)c(C#N)c1. The average Bonchev–Trinajstić information content (AvgIpc) is 2.11. The average molecular weight is 176 g/mol. The summed E-state index contributed by atoms with van der Waals surface area (Å²) in [5.74, 6) is -1.53. The van der Waals surface area contributed by atoms with Crippen molar-refractivity contribution < 1.29 is 9.50 Å². The lowest BCUT2D eigenvalue weighted by Gasteiger charge is -2.00. The number of phenolic OH excluding ortho intramolecular Hbond substituents is 1. The van der Waals surface area contributed by atoms with E-state index in [4.69, 9.17) is 15.6 Å². The highest BCUT2D eigenvalue weighted by atomic mass is 19.1. The highest BCUT2D eigenvalue weighted by molar-refractivity contribution is 5.45. The number of benzene rings is 1.